The number of rotatable bonds is 5. The van der Waals surface area contributed by atoms with Gasteiger partial charge in [0.1, 0.15) is 11.3 Å². The molecule has 0 spiro atoms. The van der Waals surface area contributed by atoms with Gasteiger partial charge >= 0.3 is 5.97 Å². The van der Waals surface area contributed by atoms with E-state index in [2.05, 4.69) is 6.92 Å². The Labute approximate surface area is 124 Å². The Kier molecular flexibility index (Phi) is 5.04. The van der Waals surface area contributed by atoms with Crippen LogP contribution in [0.3, 0.4) is 0 Å². The van der Waals surface area contributed by atoms with Crippen molar-refractivity contribution >= 4 is 11.9 Å². The molecule has 116 valence electrons. The molecular weight excluding hydrogens is 270 g/mol. The second-order valence-electron chi connectivity index (χ2n) is 5.54. The van der Waals surface area contributed by atoms with Crippen LogP contribution < -0.4 is 0 Å². The summed E-state index contributed by atoms with van der Waals surface area (Å²) < 4.78 is 5.49. The molecule has 0 radical (unpaired) electrons. The Hall–Kier alpha value is -1.78. The second kappa shape index (κ2) is 6.78. The molecule has 5 nitrogen and oxygen atoms in total. The first kappa shape index (κ1) is 15.6. The van der Waals surface area contributed by atoms with Crippen molar-refractivity contribution in [1.29, 1.82) is 0 Å². The molecule has 0 bridgehead atoms. The number of nitrogens with zero attached hydrogens (tertiary/aromatic N) is 1. The highest BCUT2D eigenvalue weighted by molar-refractivity contribution is 5.96. The summed E-state index contributed by atoms with van der Waals surface area (Å²) in [6, 6.07) is 1.63. The van der Waals surface area contributed by atoms with Crippen molar-refractivity contribution in [3.63, 3.8) is 0 Å². The molecule has 0 saturated carbocycles. The van der Waals surface area contributed by atoms with E-state index >= 15 is 0 Å². The molecule has 21 heavy (non-hydrogen) atoms. The van der Waals surface area contributed by atoms with Gasteiger partial charge in [0.2, 0.25) is 0 Å². The fourth-order valence-corrected chi connectivity index (χ4v) is 3.02. The van der Waals surface area contributed by atoms with E-state index in [1.54, 1.807) is 0 Å². The van der Waals surface area contributed by atoms with Crippen LogP contribution in [0.25, 0.3) is 0 Å². The predicted octanol–water partition coefficient (Wildman–Crippen LogP) is 3.34. The molecule has 0 aliphatic carbocycles. The normalized spacial score (nSPS) is 18.8. The van der Waals surface area contributed by atoms with Crippen molar-refractivity contribution in [3.8, 4) is 0 Å². The van der Waals surface area contributed by atoms with Crippen LogP contribution in [0, 0.1) is 0 Å². The summed E-state index contributed by atoms with van der Waals surface area (Å²) >= 11 is 0. The SMILES string of the molecule is CCCC1CCCCN1C(=O)c1cc(C(=O)O)c(CC)o1. The molecule has 0 aromatic carbocycles. The fraction of sp³-hybridized carbons (Fsp3) is 0.625. The third kappa shape index (κ3) is 3.28. The Bertz CT molecular complexity index is 518. The Balaban J connectivity index is 2.23. The fourth-order valence-electron chi connectivity index (χ4n) is 3.02. The first-order valence-electron chi connectivity index (χ1n) is 7.75. The number of furan rings is 1. The van der Waals surface area contributed by atoms with Crippen molar-refractivity contribution in [3.05, 3.63) is 23.2 Å². The van der Waals surface area contributed by atoms with E-state index < -0.39 is 5.97 Å². The lowest BCUT2D eigenvalue weighted by Crippen LogP contribution is -2.43. The van der Waals surface area contributed by atoms with E-state index in [-0.39, 0.29) is 23.3 Å². The van der Waals surface area contributed by atoms with Crippen LogP contribution in [-0.4, -0.2) is 34.5 Å². The molecule has 1 N–H and O–H groups in total. The molecule has 1 aliphatic heterocycles. The number of likely N-dealkylation sites (tertiary alicyclic amines) is 1. The molecule has 1 aliphatic rings. The van der Waals surface area contributed by atoms with E-state index in [1.165, 1.54) is 6.07 Å². The van der Waals surface area contributed by atoms with Crippen molar-refractivity contribution in [2.45, 2.75) is 58.4 Å². The van der Waals surface area contributed by atoms with E-state index in [4.69, 9.17) is 9.52 Å². The summed E-state index contributed by atoms with van der Waals surface area (Å²) in [5, 5.41) is 9.15. The van der Waals surface area contributed by atoms with E-state index in [0.717, 1.165) is 38.6 Å². The number of aryl methyl sites for hydroxylation is 1. The highest BCUT2D eigenvalue weighted by Crippen LogP contribution is 2.25. The third-order valence-electron chi connectivity index (χ3n) is 4.08. The zero-order valence-corrected chi connectivity index (χ0v) is 12.7. The van der Waals surface area contributed by atoms with Crippen LogP contribution >= 0.6 is 0 Å². The summed E-state index contributed by atoms with van der Waals surface area (Å²) in [6.07, 6.45) is 5.65. The van der Waals surface area contributed by atoms with Crippen LogP contribution in [0.15, 0.2) is 10.5 Å². The standard InChI is InChI=1S/C16H23NO4/c1-3-7-11-8-5-6-9-17(11)15(18)14-10-12(16(19)20)13(4-2)21-14/h10-11H,3-9H2,1-2H3,(H,19,20). The smallest absolute Gasteiger partial charge is 0.339 e. The van der Waals surface area contributed by atoms with Gasteiger partial charge in [-0.05, 0) is 25.7 Å². The number of carboxylic acid groups (broad SMARTS) is 1. The topological polar surface area (TPSA) is 70.8 Å². The highest BCUT2D eigenvalue weighted by Gasteiger charge is 2.30. The summed E-state index contributed by atoms with van der Waals surface area (Å²) in [4.78, 5) is 25.7. The van der Waals surface area contributed by atoms with Gasteiger partial charge in [0.15, 0.2) is 5.76 Å². The average molecular weight is 293 g/mol. The molecule has 1 atom stereocenters. The van der Waals surface area contributed by atoms with E-state index in [9.17, 15) is 9.59 Å². The van der Waals surface area contributed by atoms with Crippen molar-refractivity contribution in [2.75, 3.05) is 6.54 Å². The number of carbonyl (C=O) groups excluding carboxylic acids is 1. The van der Waals surface area contributed by atoms with Crippen LogP contribution in [0.5, 0.6) is 0 Å². The lowest BCUT2D eigenvalue weighted by molar-refractivity contribution is 0.0565. The molecule has 2 rings (SSSR count). The molecular formula is C16H23NO4. The van der Waals surface area contributed by atoms with Crippen molar-refractivity contribution < 1.29 is 19.1 Å². The molecule has 1 aromatic rings. The Morgan fingerprint density at radius 1 is 1.38 bits per heavy atom. The van der Waals surface area contributed by atoms with Crippen LogP contribution in [0.2, 0.25) is 0 Å². The number of carbonyl (C=O) groups is 2. The lowest BCUT2D eigenvalue weighted by atomic mass is 9.98. The van der Waals surface area contributed by atoms with Gasteiger partial charge in [0.25, 0.3) is 5.91 Å². The molecule has 1 amide bonds. The average Bonchev–Trinajstić information content (AvgIpc) is 2.92. The van der Waals surface area contributed by atoms with Crippen LogP contribution in [0.1, 0.15) is 72.6 Å². The molecule has 5 heteroatoms. The van der Waals surface area contributed by atoms with Gasteiger partial charge in [0, 0.05) is 25.1 Å². The summed E-state index contributed by atoms with van der Waals surface area (Å²) in [6.45, 7) is 4.66. The van der Waals surface area contributed by atoms with Gasteiger partial charge in [0.05, 0.1) is 0 Å². The third-order valence-corrected chi connectivity index (χ3v) is 4.08. The minimum atomic E-state index is -1.04. The zero-order chi connectivity index (χ0) is 15.4. The lowest BCUT2D eigenvalue weighted by Gasteiger charge is -2.35. The number of carboxylic acids is 1. The predicted molar refractivity (Wildman–Crippen MR) is 78.6 cm³/mol. The van der Waals surface area contributed by atoms with Gasteiger partial charge in [-0.3, -0.25) is 4.79 Å². The minimum Gasteiger partial charge on any atom is -0.478 e. The largest absolute Gasteiger partial charge is 0.478 e. The maximum atomic E-state index is 12.6. The highest BCUT2D eigenvalue weighted by atomic mass is 16.4. The Morgan fingerprint density at radius 3 is 2.71 bits per heavy atom. The van der Waals surface area contributed by atoms with Gasteiger partial charge in [-0.15, -0.1) is 0 Å². The quantitative estimate of drug-likeness (QED) is 0.904. The monoisotopic (exact) mass is 293 g/mol. The molecule has 1 saturated heterocycles. The van der Waals surface area contributed by atoms with Gasteiger partial charge in [-0.25, -0.2) is 4.79 Å². The maximum absolute atomic E-state index is 12.6. The minimum absolute atomic E-state index is 0.102. The van der Waals surface area contributed by atoms with Gasteiger partial charge in [-0.2, -0.15) is 0 Å². The van der Waals surface area contributed by atoms with Gasteiger partial charge in [-0.1, -0.05) is 20.3 Å². The summed E-state index contributed by atoms with van der Waals surface area (Å²) in [5.41, 5.74) is 0.102. The second-order valence-corrected chi connectivity index (χ2v) is 5.54. The summed E-state index contributed by atoms with van der Waals surface area (Å²) in [5.74, 6) is -0.684. The number of hydrogen-bond acceptors (Lipinski definition) is 3. The summed E-state index contributed by atoms with van der Waals surface area (Å²) in [7, 11) is 0. The van der Waals surface area contributed by atoms with Crippen LogP contribution in [0.4, 0.5) is 0 Å². The van der Waals surface area contributed by atoms with E-state index in [1.807, 2.05) is 11.8 Å². The van der Waals surface area contributed by atoms with Crippen molar-refractivity contribution in [1.82, 2.24) is 4.90 Å². The number of hydrogen-bond donors (Lipinski definition) is 1. The maximum Gasteiger partial charge on any atom is 0.339 e. The number of piperidine rings is 1. The van der Waals surface area contributed by atoms with Gasteiger partial charge < -0.3 is 14.4 Å². The first-order chi connectivity index (χ1) is 10.1. The molecule has 1 aromatic heterocycles. The molecule has 1 fully saturated rings. The van der Waals surface area contributed by atoms with Crippen LogP contribution in [-0.2, 0) is 6.42 Å². The zero-order valence-electron chi connectivity index (χ0n) is 12.7. The molecule has 2 heterocycles. The Morgan fingerprint density at radius 2 is 2.14 bits per heavy atom. The van der Waals surface area contributed by atoms with E-state index in [0.29, 0.717) is 12.2 Å². The number of amides is 1. The first-order valence-corrected chi connectivity index (χ1v) is 7.75. The number of aromatic carboxylic acids is 1. The molecule has 1 unspecified atom stereocenters. The van der Waals surface area contributed by atoms with Crippen molar-refractivity contribution in [2.24, 2.45) is 0 Å².